The van der Waals surface area contributed by atoms with Crippen LogP contribution in [-0.4, -0.2) is 41.5 Å². The van der Waals surface area contributed by atoms with Crippen LogP contribution in [0.25, 0.3) is 11.3 Å². The van der Waals surface area contributed by atoms with Gasteiger partial charge >= 0.3 is 0 Å². The molecule has 4 nitrogen and oxygen atoms in total. The Labute approximate surface area is 167 Å². The first kappa shape index (κ1) is 20.0. The molecule has 5 heteroatoms. The van der Waals surface area contributed by atoms with Crippen molar-refractivity contribution in [1.29, 1.82) is 0 Å². The lowest BCUT2D eigenvalue weighted by atomic mass is 10.0. The molecule has 0 aliphatic carbocycles. The average Bonchev–Trinajstić information content (AvgIpc) is 3.26. The molecule has 0 unspecified atom stereocenters. The van der Waals surface area contributed by atoms with Gasteiger partial charge < -0.3 is 10.2 Å². The number of nitrogens with one attached hydrogen (secondary N) is 1. The van der Waals surface area contributed by atoms with Gasteiger partial charge in [-0.25, -0.2) is 4.98 Å². The van der Waals surface area contributed by atoms with Crippen molar-refractivity contribution in [1.82, 2.24) is 15.2 Å². The quantitative estimate of drug-likeness (QED) is 0.774. The number of benzene rings is 1. The number of likely N-dealkylation sites (tertiary alicyclic amines) is 1. The predicted molar refractivity (Wildman–Crippen MR) is 113 cm³/mol. The van der Waals surface area contributed by atoms with Gasteiger partial charge in [-0.15, -0.1) is 11.3 Å². The van der Waals surface area contributed by atoms with Crippen molar-refractivity contribution in [3.05, 3.63) is 39.2 Å². The summed E-state index contributed by atoms with van der Waals surface area (Å²) in [6.45, 7) is 11.7. The fourth-order valence-corrected chi connectivity index (χ4v) is 4.64. The summed E-state index contributed by atoms with van der Waals surface area (Å²) in [5.41, 5.74) is 4.60. The molecule has 1 N–H and O–H groups in total. The van der Waals surface area contributed by atoms with Gasteiger partial charge in [0.15, 0.2) is 0 Å². The Hall–Kier alpha value is -1.72. The third-order valence-corrected chi connectivity index (χ3v) is 6.41. The standard InChI is InChI=1S/C22H31N3OS/c1-5-19(14-25-10-6-7-11-25)24-21(26)13-20-22(23-17(4)27-20)18-9-8-15(2)16(3)12-18/h8-9,12,19H,5-7,10-11,13-14H2,1-4H3,(H,24,26)/t19-/m1/s1. The van der Waals surface area contributed by atoms with Gasteiger partial charge in [0.2, 0.25) is 5.91 Å². The normalized spacial score (nSPS) is 15.9. The van der Waals surface area contributed by atoms with E-state index in [9.17, 15) is 4.79 Å². The Bertz CT molecular complexity index is 793. The fraction of sp³-hybridized carbons (Fsp3) is 0.545. The van der Waals surface area contributed by atoms with E-state index >= 15 is 0 Å². The van der Waals surface area contributed by atoms with Crippen LogP contribution in [0.3, 0.4) is 0 Å². The highest BCUT2D eigenvalue weighted by Gasteiger charge is 2.20. The third-order valence-electron chi connectivity index (χ3n) is 5.44. The summed E-state index contributed by atoms with van der Waals surface area (Å²) in [7, 11) is 0. The monoisotopic (exact) mass is 385 g/mol. The molecule has 146 valence electrons. The minimum atomic E-state index is 0.106. The number of carbonyl (C=O) groups is 1. The van der Waals surface area contributed by atoms with Gasteiger partial charge in [-0.1, -0.05) is 19.1 Å². The van der Waals surface area contributed by atoms with Crippen LogP contribution in [-0.2, 0) is 11.2 Å². The lowest BCUT2D eigenvalue weighted by molar-refractivity contribution is -0.121. The number of hydrogen-bond donors (Lipinski definition) is 1. The van der Waals surface area contributed by atoms with Crippen LogP contribution in [0.4, 0.5) is 0 Å². The van der Waals surface area contributed by atoms with Crippen molar-refractivity contribution in [3.63, 3.8) is 0 Å². The van der Waals surface area contributed by atoms with E-state index in [2.05, 4.69) is 49.2 Å². The number of carbonyl (C=O) groups excluding carboxylic acids is 1. The van der Waals surface area contributed by atoms with Gasteiger partial charge in [0.1, 0.15) is 0 Å². The first-order valence-corrected chi connectivity index (χ1v) is 10.8. The molecule has 27 heavy (non-hydrogen) atoms. The van der Waals surface area contributed by atoms with Gasteiger partial charge in [-0.3, -0.25) is 4.79 Å². The molecule has 1 fully saturated rings. The number of nitrogens with zero attached hydrogens (tertiary/aromatic N) is 2. The fourth-order valence-electron chi connectivity index (χ4n) is 3.68. The van der Waals surface area contributed by atoms with Crippen LogP contribution < -0.4 is 5.32 Å². The summed E-state index contributed by atoms with van der Waals surface area (Å²) in [5.74, 6) is 0.106. The van der Waals surface area contributed by atoms with E-state index in [0.717, 1.165) is 47.2 Å². The summed E-state index contributed by atoms with van der Waals surface area (Å²) < 4.78 is 0. The van der Waals surface area contributed by atoms with Crippen molar-refractivity contribution in [3.8, 4) is 11.3 Å². The Morgan fingerprint density at radius 3 is 2.63 bits per heavy atom. The largest absolute Gasteiger partial charge is 0.352 e. The van der Waals surface area contributed by atoms with Gasteiger partial charge in [0.05, 0.1) is 17.1 Å². The van der Waals surface area contributed by atoms with Crippen LogP contribution in [0, 0.1) is 20.8 Å². The van der Waals surface area contributed by atoms with Gasteiger partial charge in [0.25, 0.3) is 0 Å². The number of rotatable bonds is 7. The van der Waals surface area contributed by atoms with Gasteiger partial charge in [-0.2, -0.15) is 0 Å². The molecule has 1 aromatic carbocycles. The maximum atomic E-state index is 12.7. The molecule has 1 saturated heterocycles. The van der Waals surface area contributed by atoms with Crippen LogP contribution >= 0.6 is 11.3 Å². The molecule has 1 aliphatic rings. The third kappa shape index (κ3) is 5.17. The van der Waals surface area contributed by atoms with Crippen molar-refractivity contribution < 1.29 is 4.79 Å². The summed E-state index contributed by atoms with van der Waals surface area (Å²) in [6, 6.07) is 6.65. The second-order valence-electron chi connectivity index (χ2n) is 7.66. The van der Waals surface area contributed by atoms with Gasteiger partial charge in [-0.05, 0) is 70.3 Å². The SMILES string of the molecule is CC[C@H](CN1CCCC1)NC(=O)Cc1sc(C)nc1-c1ccc(C)c(C)c1. The molecule has 3 rings (SSSR count). The molecule has 1 amide bonds. The summed E-state index contributed by atoms with van der Waals surface area (Å²) >= 11 is 1.63. The Kier molecular flexibility index (Phi) is 6.66. The molecule has 1 atom stereocenters. The highest BCUT2D eigenvalue weighted by Crippen LogP contribution is 2.29. The van der Waals surface area contributed by atoms with Crippen molar-refractivity contribution in [2.24, 2.45) is 0 Å². The van der Waals surface area contributed by atoms with E-state index in [0.29, 0.717) is 6.42 Å². The van der Waals surface area contributed by atoms with Crippen molar-refractivity contribution in [2.45, 2.75) is 59.4 Å². The Morgan fingerprint density at radius 1 is 1.22 bits per heavy atom. The molecule has 1 aromatic heterocycles. The Balaban J connectivity index is 1.69. The van der Waals surface area contributed by atoms with E-state index in [-0.39, 0.29) is 11.9 Å². The molecule has 0 radical (unpaired) electrons. The number of aromatic nitrogens is 1. The predicted octanol–water partition coefficient (Wildman–Crippen LogP) is 4.27. The van der Waals surface area contributed by atoms with E-state index in [4.69, 9.17) is 4.98 Å². The topological polar surface area (TPSA) is 45.2 Å². The molecule has 0 saturated carbocycles. The van der Waals surface area contributed by atoms with Crippen LogP contribution in [0.15, 0.2) is 18.2 Å². The lowest BCUT2D eigenvalue weighted by Crippen LogP contribution is -2.43. The zero-order valence-corrected chi connectivity index (χ0v) is 17.8. The van der Waals surface area contributed by atoms with E-state index in [1.807, 2.05) is 6.92 Å². The lowest BCUT2D eigenvalue weighted by Gasteiger charge is -2.23. The van der Waals surface area contributed by atoms with Crippen LogP contribution in [0.1, 0.15) is 47.2 Å². The second kappa shape index (κ2) is 8.98. The number of thiazole rings is 1. The van der Waals surface area contributed by atoms with Gasteiger partial charge in [0, 0.05) is 23.0 Å². The summed E-state index contributed by atoms with van der Waals surface area (Å²) in [5, 5.41) is 4.26. The molecular formula is C22H31N3OS. The minimum absolute atomic E-state index is 0.106. The zero-order chi connectivity index (χ0) is 19.4. The first-order chi connectivity index (χ1) is 13.0. The maximum absolute atomic E-state index is 12.7. The van der Waals surface area contributed by atoms with Crippen LogP contribution in [0.5, 0.6) is 0 Å². The number of hydrogen-bond acceptors (Lipinski definition) is 4. The summed E-state index contributed by atoms with van der Waals surface area (Å²) in [4.78, 5) is 21.0. The average molecular weight is 386 g/mol. The van der Waals surface area contributed by atoms with Crippen molar-refractivity contribution >= 4 is 17.2 Å². The molecule has 0 bridgehead atoms. The van der Waals surface area contributed by atoms with Crippen LogP contribution in [0.2, 0.25) is 0 Å². The minimum Gasteiger partial charge on any atom is -0.352 e. The molecular weight excluding hydrogens is 354 g/mol. The van der Waals surface area contributed by atoms with E-state index in [1.54, 1.807) is 11.3 Å². The van der Waals surface area contributed by atoms with Crippen molar-refractivity contribution in [2.75, 3.05) is 19.6 Å². The molecule has 2 aromatic rings. The smallest absolute Gasteiger partial charge is 0.225 e. The molecule has 0 spiro atoms. The maximum Gasteiger partial charge on any atom is 0.225 e. The zero-order valence-electron chi connectivity index (χ0n) is 17.0. The highest BCUT2D eigenvalue weighted by molar-refractivity contribution is 7.12. The number of amides is 1. The molecule has 2 heterocycles. The second-order valence-corrected chi connectivity index (χ2v) is 8.95. The van der Waals surface area contributed by atoms with E-state index in [1.165, 1.54) is 24.0 Å². The highest BCUT2D eigenvalue weighted by atomic mass is 32.1. The Morgan fingerprint density at radius 2 is 1.96 bits per heavy atom. The molecule has 1 aliphatic heterocycles. The summed E-state index contributed by atoms with van der Waals surface area (Å²) in [6.07, 6.45) is 3.94. The number of aryl methyl sites for hydroxylation is 3. The van der Waals surface area contributed by atoms with E-state index < -0.39 is 0 Å². The first-order valence-electron chi connectivity index (χ1n) is 10.0.